The van der Waals surface area contributed by atoms with Crippen LogP contribution in [0, 0.1) is 0 Å². The number of aryl methyl sites for hydroxylation is 1. The van der Waals surface area contributed by atoms with Crippen LogP contribution in [0.15, 0.2) is 24.3 Å². The van der Waals surface area contributed by atoms with Crippen LogP contribution in [-0.4, -0.2) is 18.8 Å². The van der Waals surface area contributed by atoms with E-state index in [1.807, 2.05) is 0 Å². The van der Waals surface area contributed by atoms with E-state index in [-0.39, 0.29) is 0 Å². The molecule has 0 atom stereocenters. The SMILES string of the molecule is NSCCCN1CCCc2ccccc21. The van der Waals surface area contributed by atoms with Gasteiger partial charge in [-0.3, -0.25) is 5.14 Å². The fourth-order valence-corrected chi connectivity index (χ4v) is 2.48. The fourth-order valence-electron chi connectivity index (χ4n) is 2.18. The Hall–Kier alpha value is -0.670. The van der Waals surface area contributed by atoms with Gasteiger partial charge in [0.2, 0.25) is 0 Å². The summed E-state index contributed by atoms with van der Waals surface area (Å²) in [5.74, 6) is 1.05. The fraction of sp³-hybridized carbons (Fsp3) is 0.500. The van der Waals surface area contributed by atoms with Gasteiger partial charge >= 0.3 is 0 Å². The third-order valence-electron chi connectivity index (χ3n) is 2.90. The molecule has 0 radical (unpaired) electrons. The summed E-state index contributed by atoms with van der Waals surface area (Å²) >= 11 is 1.44. The zero-order chi connectivity index (χ0) is 10.5. The lowest BCUT2D eigenvalue weighted by atomic mass is 10.0. The first-order valence-electron chi connectivity index (χ1n) is 5.56. The first-order valence-corrected chi connectivity index (χ1v) is 6.61. The number of hydrogen-bond acceptors (Lipinski definition) is 3. The van der Waals surface area contributed by atoms with Gasteiger partial charge in [-0.05, 0) is 30.9 Å². The lowest BCUT2D eigenvalue weighted by Gasteiger charge is -2.31. The second kappa shape index (κ2) is 5.42. The molecule has 2 N–H and O–H groups in total. The molecule has 0 spiro atoms. The van der Waals surface area contributed by atoms with Crippen molar-refractivity contribution in [3.63, 3.8) is 0 Å². The molecule has 0 amide bonds. The second-order valence-corrected chi connectivity index (χ2v) is 4.69. The van der Waals surface area contributed by atoms with Gasteiger partial charge in [0.25, 0.3) is 0 Å². The van der Waals surface area contributed by atoms with E-state index in [1.165, 1.54) is 49.0 Å². The predicted octanol–water partition coefficient (Wildman–Crippen LogP) is 2.44. The van der Waals surface area contributed by atoms with Crippen LogP contribution in [-0.2, 0) is 6.42 Å². The molecular formula is C12H18N2S. The lowest BCUT2D eigenvalue weighted by Crippen LogP contribution is -2.30. The van der Waals surface area contributed by atoms with E-state index in [9.17, 15) is 0 Å². The van der Waals surface area contributed by atoms with E-state index in [1.54, 1.807) is 0 Å². The highest BCUT2D eigenvalue weighted by atomic mass is 32.2. The minimum Gasteiger partial charge on any atom is -0.371 e. The van der Waals surface area contributed by atoms with Crippen molar-refractivity contribution in [3.05, 3.63) is 29.8 Å². The molecule has 0 saturated heterocycles. The van der Waals surface area contributed by atoms with E-state index in [4.69, 9.17) is 5.14 Å². The lowest BCUT2D eigenvalue weighted by molar-refractivity contribution is 0.683. The zero-order valence-electron chi connectivity index (χ0n) is 8.98. The quantitative estimate of drug-likeness (QED) is 0.627. The van der Waals surface area contributed by atoms with E-state index < -0.39 is 0 Å². The third-order valence-corrected chi connectivity index (χ3v) is 3.42. The van der Waals surface area contributed by atoms with Crippen molar-refractivity contribution < 1.29 is 0 Å². The van der Waals surface area contributed by atoms with Crippen LogP contribution < -0.4 is 10.0 Å². The van der Waals surface area contributed by atoms with Crippen LogP contribution in [0.1, 0.15) is 18.4 Å². The number of nitrogens with two attached hydrogens (primary N) is 1. The number of benzene rings is 1. The van der Waals surface area contributed by atoms with Crippen molar-refractivity contribution in [2.45, 2.75) is 19.3 Å². The summed E-state index contributed by atoms with van der Waals surface area (Å²) in [6.45, 7) is 2.34. The smallest absolute Gasteiger partial charge is 0.0398 e. The Morgan fingerprint density at radius 2 is 2.20 bits per heavy atom. The number of hydrogen-bond donors (Lipinski definition) is 1. The molecule has 1 aliphatic heterocycles. The summed E-state index contributed by atoms with van der Waals surface area (Å²) in [5, 5.41) is 5.44. The average Bonchev–Trinajstić information content (AvgIpc) is 2.30. The highest BCUT2D eigenvalue weighted by molar-refractivity contribution is 7.97. The normalized spacial score (nSPS) is 15.1. The topological polar surface area (TPSA) is 29.3 Å². The number of anilines is 1. The van der Waals surface area contributed by atoms with Crippen LogP contribution in [0.4, 0.5) is 5.69 Å². The Morgan fingerprint density at radius 1 is 1.33 bits per heavy atom. The molecule has 0 bridgehead atoms. The molecule has 82 valence electrons. The molecule has 2 rings (SSSR count). The largest absolute Gasteiger partial charge is 0.371 e. The summed E-state index contributed by atoms with van der Waals surface area (Å²) < 4.78 is 0. The van der Waals surface area contributed by atoms with Crippen molar-refractivity contribution in [2.75, 3.05) is 23.7 Å². The molecule has 0 aliphatic carbocycles. The van der Waals surface area contributed by atoms with E-state index in [0.717, 1.165) is 12.3 Å². The highest BCUT2D eigenvalue weighted by Crippen LogP contribution is 2.26. The van der Waals surface area contributed by atoms with Crippen molar-refractivity contribution in [1.82, 2.24) is 0 Å². The van der Waals surface area contributed by atoms with Gasteiger partial charge in [0, 0.05) is 24.5 Å². The molecule has 0 saturated carbocycles. The van der Waals surface area contributed by atoms with Crippen molar-refractivity contribution in [1.29, 1.82) is 0 Å². The first kappa shape index (κ1) is 10.8. The maximum absolute atomic E-state index is 5.44. The van der Waals surface area contributed by atoms with Gasteiger partial charge in [-0.1, -0.05) is 30.1 Å². The summed E-state index contributed by atoms with van der Waals surface area (Å²) in [6, 6.07) is 8.76. The van der Waals surface area contributed by atoms with E-state index in [0.29, 0.717) is 0 Å². The van der Waals surface area contributed by atoms with Crippen molar-refractivity contribution in [2.24, 2.45) is 5.14 Å². The molecule has 2 nitrogen and oxygen atoms in total. The standard InChI is InChI=1S/C12H18N2S/c13-15-10-4-9-14-8-3-6-11-5-1-2-7-12(11)14/h1-2,5,7H,3-4,6,8-10,13H2. The molecule has 0 unspecified atom stereocenters. The highest BCUT2D eigenvalue weighted by Gasteiger charge is 2.14. The van der Waals surface area contributed by atoms with Crippen LogP contribution in [0.3, 0.4) is 0 Å². The van der Waals surface area contributed by atoms with Crippen LogP contribution in [0.2, 0.25) is 0 Å². The molecule has 1 aromatic carbocycles. The summed E-state index contributed by atoms with van der Waals surface area (Å²) in [7, 11) is 0. The molecular weight excluding hydrogens is 204 g/mol. The average molecular weight is 222 g/mol. The van der Waals surface area contributed by atoms with Gasteiger partial charge < -0.3 is 4.90 Å². The maximum atomic E-state index is 5.44. The van der Waals surface area contributed by atoms with Crippen LogP contribution >= 0.6 is 11.9 Å². The predicted molar refractivity (Wildman–Crippen MR) is 68.2 cm³/mol. The molecule has 0 fully saturated rings. The zero-order valence-corrected chi connectivity index (χ0v) is 9.80. The minimum absolute atomic E-state index is 1.05. The van der Waals surface area contributed by atoms with Gasteiger partial charge in [-0.15, -0.1) is 0 Å². The third kappa shape index (κ3) is 2.67. The first-order chi connectivity index (χ1) is 7.42. The molecule has 1 aromatic rings. The Bertz CT molecular complexity index is 314. The maximum Gasteiger partial charge on any atom is 0.0398 e. The van der Waals surface area contributed by atoms with Gasteiger partial charge in [0.15, 0.2) is 0 Å². The van der Waals surface area contributed by atoms with Crippen LogP contribution in [0.25, 0.3) is 0 Å². The monoisotopic (exact) mass is 222 g/mol. The van der Waals surface area contributed by atoms with Gasteiger partial charge in [0.05, 0.1) is 0 Å². The van der Waals surface area contributed by atoms with Gasteiger partial charge in [0.1, 0.15) is 0 Å². The number of fused-ring (bicyclic) bond motifs is 1. The number of para-hydroxylation sites is 1. The summed E-state index contributed by atoms with van der Waals surface area (Å²) in [4.78, 5) is 2.50. The van der Waals surface area contributed by atoms with Gasteiger partial charge in [-0.25, -0.2) is 0 Å². The molecule has 3 heteroatoms. The Kier molecular flexibility index (Phi) is 3.92. The van der Waals surface area contributed by atoms with E-state index in [2.05, 4.69) is 29.2 Å². The van der Waals surface area contributed by atoms with Crippen LogP contribution in [0.5, 0.6) is 0 Å². The number of rotatable bonds is 4. The molecule has 1 aliphatic rings. The van der Waals surface area contributed by atoms with Gasteiger partial charge in [-0.2, -0.15) is 0 Å². The Labute approximate surface area is 96.0 Å². The molecule has 0 aromatic heterocycles. The van der Waals surface area contributed by atoms with Crippen molar-refractivity contribution >= 4 is 17.6 Å². The second-order valence-electron chi connectivity index (χ2n) is 3.94. The summed E-state index contributed by atoms with van der Waals surface area (Å²) in [6.07, 6.45) is 3.70. The molecule has 15 heavy (non-hydrogen) atoms. The Morgan fingerprint density at radius 3 is 3.07 bits per heavy atom. The molecule has 1 heterocycles. The minimum atomic E-state index is 1.05. The number of nitrogens with zero attached hydrogens (tertiary/aromatic N) is 1. The van der Waals surface area contributed by atoms with Crippen molar-refractivity contribution in [3.8, 4) is 0 Å². The van der Waals surface area contributed by atoms with E-state index >= 15 is 0 Å². The summed E-state index contributed by atoms with van der Waals surface area (Å²) in [5.41, 5.74) is 2.94. The Balaban J connectivity index is 2.02.